The average Bonchev–Trinajstić information content (AvgIpc) is 3.51. The van der Waals surface area contributed by atoms with Gasteiger partial charge in [0, 0.05) is 35.8 Å². The number of nitrogens with one attached hydrogen (secondary N) is 1. The van der Waals surface area contributed by atoms with Gasteiger partial charge in [-0.15, -0.1) is 0 Å². The molecule has 0 spiro atoms. The molecule has 176 valence electrons. The smallest absolute Gasteiger partial charge is 0.287 e. The lowest BCUT2D eigenvalue weighted by molar-refractivity contribution is -0.140. The van der Waals surface area contributed by atoms with Gasteiger partial charge in [-0.25, -0.2) is 0 Å². The van der Waals surface area contributed by atoms with E-state index in [4.69, 9.17) is 5.26 Å². The first-order valence-corrected chi connectivity index (χ1v) is 12.3. The quantitative estimate of drug-likeness (QED) is 0.363. The van der Waals surface area contributed by atoms with Gasteiger partial charge < -0.3 is 5.32 Å². The van der Waals surface area contributed by atoms with Crippen LogP contribution in [0.15, 0.2) is 66.7 Å². The van der Waals surface area contributed by atoms with Gasteiger partial charge in [-0.05, 0) is 54.0 Å². The van der Waals surface area contributed by atoms with E-state index in [0.29, 0.717) is 36.8 Å². The Morgan fingerprint density at radius 3 is 2.46 bits per heavy atom. The predicted molar refractivity (Wildman–Crippen MR) is 134 cm³/mol. The van der Waals surface area contributed by atoms with Crippen LogP contribution in [0.5, 0.6) is 0 Å². The van der Waals surface area contributed by atoms with E-state index in [1.807, 2.05) is 30.3 Å². The van der Waals surface area contributed by atoms with Crippen LogP contribution in [0.4, 0.5) is 0 Å². The van der Waals surface area contributed by atoms with Gasteiger partial charge in [-0.3, -0.25) is 14.4 Å². The second kappa shape index (κ2) is 9.46. The summed E-state index contributed by atoms with van der Waals surface area (Å²) in [5.41, 5.74) is 2.39. The first kappa shape index (κ1) is 23.0. The molecule has 2 saturated carbocycles. The molecule has 2 aliphatic carbocycles. The van der Waals surface area contributed by atoms with Crippen molar-refractivity contribution < 1.29 is 14.4 Å². The van der Waals surface area contributed by atoms with Gasteiger partial charge in [0.05, 0.1) is 6.07 Å². The first-order valence-electron chi connectivity index (χ1n) is 12.3. The number of rotatable bonds is 8. The van der Waals surface area contributed by atoms with E-state index in [1.165, 1.54) is 16.3 Å². The van der Waals surface area contributed by atoms with Crippen LogP contribution < -0.4 is 5.32 Å². The number of hydrogen-bond donors (Lipinski definition) is 1. The molecule has 35 heavy (non-hydrogen) atoms. The number of carbonyl (C=O) groups is 3. The highest BCUT2D eigenvalue weighted by Gasteiger charge is 2.46. The minimum atomic E-state index is -0.634. The van der Waals surface area contributed by atoms with E-state index < -0.39 is 11.7 Å². The maximum Gasteiger partial charge on any atom is 0.287 e. The fourth-order valence-electron chi connectivity index (χ4n) is 5.51. The van der Waals surface area contributed by atoms with Crippen molar-refractivity contribution in [1.29, 1.82) is 5.26 Å². The zero-order chi connectivity index (χ0) is 24.4. The third-order valence-corrected chi connectivity index (χ3v) is 7.68. The number of amides is 1. The largest absolute Gasteiger partial charge is 0.345 e. The second-order valence-electron chi connectivity index (χ2n) is 9.95. The fourth-order valence-corrected chi connectivity index (χ4v) is 5.51. The molecule has 0 saturated heterocycles. The van der Waals surface area contributed by atoms with Gasteiger partial charge in [0.15, 0.2) is 5.78 Å². The summed E-state index contributed by atoms with van der Waals surface area (Å²) < 4.78 is 0. The summed E-state index contributed by atoms with van der Waals surface area (Å²) in [6.45, 7) is 0.127. The Labute approximate surface area is 205 Å². The highest BCUT2D eigenvalue weighted by molar-refractivity contribution is 6.37. The lowest BCUT2D eigenvalue weighted by Gasteiger charge is -2.19. The van der Waals surface area contributed by atoms with Gasteiger partial charge in [0.1, 0.15) is 0 Å². The molecule has 5 rings (SSSR count). The number of hydrogen-bond acceptors (Lipinski definition) is 4. The molecule has 2 atom stereocenters. The van der Waals surface area contributed by atoms with Crippen LogP contribution in [-0.4, -0.2) is 17.5 Å². The number of benzene rings is 3. The van der Waals surface area contributed by atoms with E-state index in [1.54, 1.807) is 6.07 Å². The Morgan fingerprint density at radius 2 is 1.69 bits per heavy atom. The number of ketones is 2. The van der Waals surface area contributed by atoms with Gasteiger partial charge in [0.2, 0.25) is 5.78 Å². The number of fused-ring (bicyclic) bond motifs is 1. The van der Waals surface area contributed by atoms with Gasteiger partial charge in [-0.2, -0.15) is 5.26 Å². The number of Topliss-reactive ketones (excluding diaryl/α,β-unsaturated/α-hetero) is 2. The van der Waals surface area contributed by atoms with Crippen LogP contribution in [0.1, 0.15) is 60.0 Å². The van der Waals surface area contributed by atoms with Crippen molar-refractivity contribution in [3.8, 4) is 6.07 Å². The maximum atomic E-state index is 13.5. The topological polar surface area (TPSA) is 87.0 Å². The van der Waals surface area contributed by atoms with Crippen LogP contribution in [0.25, 0.3) is 10.8 Å². The van der Waals surface area contributed by atoms with Crippen LogP contribution in [0, 0.1) is 23.2 Å². The normalized spacial score (nSPS) is 20.2. The maximum absolute atomic E-state index is 13.5. The molecule has 0 bridgehead atoms. The molecule has 0 aliphatic heterocycles. The van der Waals surface area contributed by atoms with Crippen molar-refractivity contribution in [2.24, 2.45) is 11.8 Å². The minimum Gasteiger partial charge on any atom is -0.345 e. The molecule has 2 fully saturated rings. The zero-order valence-electron chi connectivity index (χ0n) is 19.6. The number of carbonyl (C=O) groups excluding carboxylic acids is 3. The zero-order valence-corrected chi connectivity index (χ0v) is 19.6. The Kier molecular flexibility index (Phi) is 6.21. The Hall–Kier alpha value is -3.78. The van der Waals surface area contributed by atoms with Crippen molar-refractivity contribution in [3.05, 3.63) is 83.4 Å². The first-order chi connectivity index (χ1) is 17.0. The summed E-state index contributed by atoms with van der Waals surface area (Å²) in [7, 11) is 0. The van der Waals surface area contributed by atoms with Crippen LogP contribution in [-0.2, 0) is 21.5 Å². The molecule has 0 radical (unpaired) electrons. The van der Waals surface area contributed by atoms with Gasteiger partial charge in [-0.1, -0.05) is 66.7 Å². The summed E-state index contributed by atoms with van der Waals surface area (Å²) in [5, 5.41) is 14.1. The molecule has 1 N–H and O–H groups in total. The van der Waals surface area contributed by atoms with E-state index >= 15 is 0 Å². The highest BCUT2D eigenvalue weighted by atomic mass is 16.2. The molecule has 5 nitrogen and oxygen atoms in total. The highest BCUT2D eigenvalue weighted by Crippen LogP contribution is 2.53. The van der Waals surface area contributed by atoms with Gasteiger partial charge in [0.25, 0.3) is 5.91 Å². The van der Waals surface area contributed by atoms with E-state index in [0.717, 1.165) is 12.8 Å². The summed E-state index contributed by atoms with van der Waals surface area (Å²) in [6, 6.07) is 24.1. The number of nitriles is 1. The van der Waals surface area contributed by atoms with Crippen LogP contribution >= 0.6 is 0 Å². The van der Waals surface area contributed by atoms with Crippen molar-refractivity contribution >= 4 is 28.2 Å². The molecule has 2 aliphatic rings. The third kappa shape index (κ3) is 4.61. The molecular formula is C30H28N2O3. The predicted octanol–water partition coefficient (Wildman–Crippen LogP) is 5.27. The summed E-state index contributed by atoms with van der Waals surface area (Å²) in [6.07, 6.45) is 4.07. The molecule has 3 aromatic rings. The second-order valence-corrected chi connectivity index (χ2v) is 9.95. The monoisotopic (exact) mass is 464 g/mol. The lowest BCUT2D eigenvalue weighted by Crippen LogP contribution is -2.34. The Balaban J connectivity index is 1.29. The Morgan fingerprint density at radius 1 is 0.943 bits per heavy atom. The van der Waals surface area contributed by atoms with Crippen LogP contribution in [0.2, 0.25) is 0 Å². The molecule has 5 heteroatoms. The molecule has 3 aromatic carbocycles. The summed E-state index contributed by atoms with van der Waals surface area (Å²) in [4.78, 5) is 38.5. The third-order valence-electron chi connectivity index (χ3n) is 7.68. The summed E-state index contributed by atoms with van der Waals surface area (Å²) >= 11 is 0. The van der Waals surface area contributed by atoms with Crippen LogP contribution in [0.3, 0.4) is 0 Å². The Bertz CT molecular complexity index is 1340. The fraction of sp³-hybridized carbons (Fsp3) is 0.333. The van der Waals surface area contributed by atoms with Crippen molar-refractivity contribution in [2.45, 2.75) is 50.5 Å². The molecule has 1 amide bonds. The average molecular weight is 465 g/mol. The molecule has 0 aromatic heterocycles. The standard InChI is InChI=1S/C30H28N2O3/c31-18-20-12-13-22(16-20)28(34)29(35)32-19-23-7-2-4-10-25(23)27(33)17-30(14-15-30)26-11-5-8-21-6-1-3-9-24(21)26/h1-11,20,22H,12-17,19H2,(H,32,35)/t20-,22?/m0/s1. The van der Waals surface area contributed by atoms with Crippen molar-refractivity contribution in [1.82, 2.24) is 5.32 Å². The SMILES string of the molecule is N#C[C@H]1CCC(C(=O)C(=O)NCc2ccccc2C(=O)CC2(c3cccc4ccccc34)CC2)C1. The lowest BCUT2D eigenvalue weighted by atomic mass is 9.85. The summed E-state index contributed by atoms with van der Waals surface area (Å²) in [5.74, 6) is -1.57. The van der Waals surface area contributed by atoms with E-state index in [2.05, 4.69) is 41.7 Å². The van der Waals surface area contributed by atoms with Crippen molar-refractivity contribution in [2.75, 3.05) is 0 Å². The van der Waals surface area contributed by atoms with Crippen molar-refractivity contribution in [3.63, 3.8) is 0 Å². The van der Waals surface area contributed by atoms with E-state index in [-0.39, 0.29) is 29.6 Å². The van der Waals surface area contributed by atoms with E-state index in [9.17, 15) is 14.4 Å². The minimum absolute atomic E-state index is 0.0549. The number of nitrogens with zero attached hydrogens (tertiary/aromatic N) is 1. The molecule has 0 heterocycles. The molecule has 1 unspecified atom stereocenters. The molecular weight excluding hydrogens is 436 g/mol. The van der Waals surface area contributed by atoms with Gasteiger partial charge >= 0.3 is 0 Å².